The standard InChI is InChI=1S/C25H22N2O8/c1-3-13-14-7-12(35-21(30)9-20(28)29)5-6-18(14)26-22-15(13)10-27-19(22)8-17-16(23(27)31)11-34-24(32)25(17,33)4-2/h5-8,33H,3-4,9-11H2,1-2H3,(H,28,29)/t25-/m0/s1. The fourth-order valence-corrected chi connectivity index (χ4v) is 4.90. The van der Waals surface area contributed by atoms with E-state index < -0.39 is 29.9 Å². The summed E-state index contributed by atoms with van der Waals surface area (Å²) in [4.78, 5) is 53.0. The Hall–Kier alpha value is -4.05. The van der Waals surface area contributed by atoms with Gasteiger partial charge in [-0.25, -0.2) is 9.78 Å². The molecule has 2 aromatic heterocycles. The molecule has 0 spiro atoms. The van der Waals surface area contributed by atoms with Crippen LogP contribution in [0, 0.1) is 0 Å². The van der Waals surface area contributed by atoms with Gasteiger partial charge in [-0.3, -0.25) is 14.4 Å². The number of hydrogen-bond acceptors (Lipinski definition) is 8. The molecule has 10 nitrogen and oxygen atoms in total. The first-order valence-electron chi connectivity index (χ1n) is 11.2. The lowest BCUT2D eigenvalue weighted by Crippen LogP contribution is -2.44. The molecule has 35 heavy (non-hydrogen) atoms. The van der Waals surface area contributed by atoms with E-state index in [2.05, 4.69) is 0 Å². The molecule has 2 aliphatic heterocycles. The second-order valence-corrected chi connectivity index (χ2v) is 8.60. The number of aliphatic hydroxyl groups is 1. The van der Waals surface area contributed by atoms with Crippen molar-refractivity contribution < 1.29 is 34.1 Å². The van der Waals surface area contributed by atoms with Crippen molar-refractivity contribution in [2.45, 2.75) is 51.9 Å². The zero-order valence-corrected chi connectivity index (χ0v) is 19.1. The average molecular weight is 478 g/mol. The van der Waals surface area contributed by atoms with Gasteiger partial charge in [0.15, 0.2) is 5.60 Å². The molecule has 0 bridgehead atoms. The molecule has 10 heteroatoms. The number of esters is 2. The Bertz CT molecular complexity index is 1510. The molecule has 4 heterocycles. The highest BCUT2D eigenvalue weighted by Gasteiger charge is 2.45. The van der Waals surface area contributed by atoms with E-state index in [0.717, 1.165) is 16.5 Å². The molecule has 1 atom stereocenters. The average Bonchev–Trinajstić information content (AvgIpc) is 3.18. The lowest BCUT2D eigenvalue weighted by atomic mass is 9.86. The number of fused-ring (bicyclic) bond motifs is 5. The Kier molecular flexibility index (Phi) is 5.21. The largest absolute Gasteiger partial charge is 0.481 e. The monoisotopic (exact) mass is 478 g/mol. The van der Waals surface area contributed by atoms with E-state index in [4.69, 9.17) is 19.6 Å². The quantitative estimate of drug-likeness (QED) is 0.250. The van der Waals surface area contributed by atoms with Gasteiger partial charge >= 0.3 is 17.9 Å². The van der Waals surface area contributed by atoms with Crippen molar-refractivity contribution in [1.82, 2.24) is 9.55 Å². The third-order valence-electron chi connectivity index (χ3n) is 6.66. The summed E-state index contributed by atoms with van der Waals surface area (Å²) in [5.41, 5.74) is 1.68. The minimum absolute atomic E-state index is 0.0588. The number of carboxylic acid groups (broad SMARTS) is 1. The van der Waals surface area contributed by atoms with Crippen LogP contribution in [0.15, 0.2) is 29.1 Å². The van der Waals surface area contributed by atoms with E-state index in [-0.39, 0.29) is 42.0 Å². The van der Waals surface area contributed by atoms with Crippen LogP contribution in [0.3, 0.4) is 0 Å². The normalized spacial score (nSPS) is 18.0. The van der Waals surface area contributed by atoms with Gasteiger partial charge in [0.2, 0.25) is 0 Å². The molecule has 5 rings (SSSR count). The number of carbonyl (C=O) groups is 3. The molecule has 0 fully saturated rings. The van der Waals surface area contributed by atoms with Crippen LogP contribution in [-0.2, 0) is 44.3 Å². The Morgan fingerprint density at radius 1 is 1.20 bits per heavy atom. The first-order chi connectivity index (χ1) is 16.7. The van der Waals surface area contributed by atoms with Crippen molar-refractivity contribution in [3.05, 3.63) is 56.9 Å². The SMILES string of the molecule is CCc1c2c(nc3ccc(OC(=O)CC(=O)O)cc13)-c1cc3c(c(=O)n1C2)COC(=O)[C@]3(O)CC. The summed E-state index contributed by atoms with van der Waals surface area (Å²) in [5, 5.41) is 20.5. The summed E-state index contributed by atoms with van der Waals surface area (Å²) in [7, 11) is 0. The van der Waals surface area contributed by atoms with Crippen LogP contribution in [0.1, 0.15) is 48.9 Å². The zero-order valence-electron chi connectivity index (χ0n) is 19.1. The summed E-state index contributed by atoms with van der Waals surface area (Å²) < 4.78 is 11.8. The number of pyridine rings is 2. The predicted molar refractivity (Wildman–Crippen MR) is 122 cm³/mol. The molecule has 0 amide bonds. The van der Waals surface area contributed by atoms with E-state index in [1.807, 2.05) is 6.92 Å². The number of aromatic nitrogens is 2. The number of hydrogen-bond donors (Lipinski definition) is 2. The highest BCUT2D eigenvalue weighted by atomic mass is 16.6. The minimum Gasteiger partial charge on any atom is -0.481 e. The van der Waals surface area contributed by atoms with Crippen molar-refractivity contribution in [2.24, 2.45) is 0 Å². The predicted octanol–water partition coefficient (Wildman–Crippen LogP) is 2.02. The summed E-state index contributed by atoms with van der Waals surface area (Å²) in [6.45, 7) is 3.66. The van der Waals surface area contributed by atoms with Crippen molar-refractivity contribution >= 4 is 28.8 Å². The summed E-state index contributed by atoms with van der Waals surface area (Å²) >= 11 is 0. The van der Waals surface area contributed by atoms with Gasteiger partial charge in [-0.15, -0.1) is 0 Å². The molecular formula is C25H22N2O8. The van der Waals surface area contributed by atoms with Crippen LogP contribution >= 0.6 is 0 Å². The fourth-order valence-electron chi connectivity index (χ4n) is 4.90. The molecular weight excluding hydrogens is 456 g/mol. The van der Waals surface area contributed by atoms with Crippen LogP contribution in [0.4, 0.5) is 0 Å². The molecule has 2 aliphatic rings. The van der Waals surface area contributed by atoms with Crippen LogP contribution < -0.4 is 10.3 Å². The molecule has 3 aromatic rings. The second-order valence-electron chi connectivity index (χ2n) is 8.60. The zero-order chi connectivity index (χ0) is 25.1. The molecule has 0 saturated heterocycles. The number of aryl methyl sites for hydroxylation is 1. The van der Waals surface area contributed by atoms with Crippen LogP contribution in [0.2, 0.25) is 0 Å². The molecule has 2 N–H and O–H groups in total. The highest BCUT2D eigenvalue weighted by Crippen LogP contribution is 2.40. The number of carboxylic acids is 1. The smallest absolute Gasteiger partial charge is 0.343 e. The maximum atomic E-state index is 13.4. The van der Waals surface area contributed by atoms with Crippen molar-refractivity contribution in [3.8, 4) is 17.1 Å². The van der Waals surface area contributed by atoms with Gasteiger partial charge in [-0.05, 0) is 42.7 Å². The molecule has 1 aromatic carbocycles. The van der Waals surface area contributed by atoms with Gasteiger partial charge in [0.05, 0.1) is 29.0 Å². The molecule has 180 valence electrons. The van der Waals surface area contributed by atoms with Gasteiger partial charge in [-0.1, -0.05) is 13.8 Å². The van der Waals surface area contributed by atoms with Gasteiger partial charge in [0, 0.05) is 16.5 Å². The van der Waals surface area contributed by atoms with Gasteiger partial charge < -0.3 is 24.3 Å². The number of benzene rings is 1. The summed E-state index contributed by atoms with van der Waals surface area (Å²) in [6, 6.07) is 6.49. The number of carbonyl (C=O) groups excluding carboxylic acids is 2. The van der Waals surface area contributed by atoms with Gasteiger partial charge in [-0.2, -0.15) is 0 Å². The molecule has 0 radical (unpaired) electrons. The van der Waals surface area contributed by atoms with Crippen LogP contribution in [0.25, 0.3) is 22.3 Å². The summed E-state index contributed by atoms with van der Waals surface area (Å²) in [6.07, 6.45) is -0.0968. The number of aliphatic carboxylic acids is 1. The fraction of sp³-hybridized carbons (Fsp3) is 0.320. The lowest BCUT2D eigenvalue weighted by molar-refractivity contribution is -0.172. The first kappa shape index (κ1) is 22.7. The Morgan fingerprint density at radius 2 is 1.97 bits per heavy atom. The van der Waals surface area contributed by atoms with Gasteiger partial charge in [0.25, 0.3) is 5.56 Å². The Balaban J connectivity index is 1.67. The maximum absolute atomic E-state index is 13.4. The van der Waals surface area contributed by atoms with Gasteiger partial charge in [0.1, 0.15) is 18.8 Å². The number of nitrogens with zero attached hydrogens (tertiary/aromatic N) is 2. The third kappa shape index (κ3) is 3.40. The first-order valence-corrected chi connectivity index (χ1v) is 11.2. The molecule has 0 aliphatic carbocycles. The van der Waals surface area contributed by atoms with E-state index in [1.54, 1.807) is 29.7 Å². The summed E-state index contributed by atoms with van der Waals surface area (Å²) in [5.74, 6) is -2.74. The number of cyclic esters (lactones) is 1. The Labute approximate surface area is 198 Å². The van der Waals surface area contributed by atoms with Crippen molar-refractivity contribution in [3.63, 3.8) is 0 Å². The number of ether oxygens (including phenoxy) is 2. The van der Waals surface area contributed by atoms with E-state index in [0.29, 0.717) is 23.3 Å². The Morgan fingerprint density at radius 3 is 2.66 bits per heavy atom. The molecule has 0 unspecified atom stereocenters. The number of rotatable bonds is 5. The lowest BCUT2D eigenvalue weighted by Gasteiger charge is -2.31. The minimum atomic E-state index is -1.90. The van der Waals surface area contributed by atoms with Crippen LogP contribution in [0.5, 0.6) is 5.75 Å². The van der Waals surface area contributed by atoms with E-state index in [9.17, 15) is 24.3 Å². The maximum Gasteiger partial charge on any atom is 0.343 e. The topological polar surface area (TPSA) is 145 Å². The highest BCUT2D eigenvalue weighted by molar-refractivity contribution is 5.93. The van der Waals surface area contributed by atoms with E-state index >= 15 is 0 Å². The van der Waals surface area contributed by atoms with Crippen molar-refractivity contribution in [2.75, 3.05) is 0 Å². The van der Waals surface area contributed by atoms with E-state index in [1.165, 1.54) is 6.07 Å². The molecule has 0 saturated carbocycles. The van der Waals surface area contributed by atoms with Crippen LogP contribution in [-0.4, -0.2) is 37.7 Å². The second kappa shape index (κ2) is 8.02. The van der Waals surface area contributed by atoms with Crippen molar-refractivity contribution in [1.29, 1.82) is 0 Å². The third-order valence-corrected chi connectivity index (χ3v) is 6.66.